The highest BCUT2D eigenvalue weighted by molar-refractivity contribution is 7.07. The molecule has 0 unspecified atom stereocenters. The number of rotatable bonds is 4. The molecule has 3 heteroatoms. The summed E-state index contributed by atoms with van der Waals surface area (Å²) in [4.78, 5) is 2.26. The van der Waals surface area contributed by atoms with Gasteiger partial charge in [-0.15, -0.1) is 0 Å². The van der Waals surface area contributed by atoms with Crippen LogP contribution in [0.2, 0.25) is 0 Å². The molecule has 0 fully saturated rings. The quantitative estimate of drug-likeness (QED) is 0.898. The molecule has 0 aliphatic heterocycles. The third-order valence-electron chi connectivity index (χ3n) is 2.99. The fourth-order valence-electron chi connectivity index (χ4n) is 1.89. The number of hydrogen-bond donors (Lipinski definition) is 1. The summed E-state index contributed by atoms with van der Waals surface area (Å²) in [6, 6.07) is 8.63. The van der Waals surface area contributed by atoms with Crippen molar-refractivity contribution in [2.75, 3.05) is 11.9 Å². The number of nitrogens with zero attached hydrogens (tertiary/aromatic N) is 1. The summed E-state index contributed by atoms with van der Waals surface area (Å²) < 4.78 is 0. The molecule has 0 amide bonds. The van der Waals surface area contributed by atoms with Crippen LogP contribution in [0.15, 0.2) is 35.0 Å². The molecule has 2 rings (SSSR count). The summed E-state index contributed by atoms with van der Waals surface area (Å²) in [7, 11) is 2.12. The second-order valence-corrected chi connectivity index (χ2v) is 5.08. The van der Waals surface area contributed by atoms with Gasteiger partial charge < -0.3 is 10.6 Å². The van der Waals surface area contributed by atoms with Crippen LogP contribution in [-0.4, -0.2) is 7.05 Å². The maximum absolute atomic E-state index is 5.67. The predicted octanol–water partition coefficient (Wildman–Crippen LogP) is 3.15. The topological polar surface area (TPSA) is 29.3 Å². The van der Waals surface area contributed by atoms with Gasteiger partial charge in [-0.3, -0.25) is 0 Å². The number of thiophene rings is 1. The first-order valence-corrected chi connectivity index (χ1v) is 6.67. The van der Waals surface area contributed by atoms with Crippen molar-refractivity contribution in [3.63, 3.8) is 0 Å². The average Bonchev–Trinajstić information content (AvgIpc) is 2.81. The van der Waals surface area contributed by atoms with E-state index >= 15 is 0 Å². The van der Waals surface area contributed by atoms with Crippen LogP contribution in [0.25, 0.3) is 0 Å². The second kappa shape index (κ2) is 5.34. The molecule has 0 aliphatic rings. The van der Waals surface area contributed by atoms with Gasteiger partial charge in [0.05, 0.1) is 0 Å². The van der Waals surface area contributed by atoms with Crippen molar-refractivity contribution in [3.8, 4) is 0 Å². The zero-order valence-electron chi connectivity index (χ0n) is 10.3. The van der Waals surface area contributed by atoms with E-state index < -0.39 is 0 Å². The highest BCUT2D eigenvalue weighted by Crippen LogP contribution is 2.20. The van der Waals surface area contributed by atoms with E-state index in [9.17, 15) is 0 Å². The Balaban J connectivity index is 2.14. The van der Waals surface area contributed by atoms with E-state index in [0.29, 0.717) is 6.54 Å². The maximum atomic E-state index is 5.67. The summed E-state index contributed by atoms with van der Waals surface area (Å²) in [6.07, 6.45) is 0. The molecule has 1 heterocycles. The van der Waals surface area contributed by atoms with Crippen molar-refractivity contribution in [2.45, 2.75) is 20.0 Å². The molecule has 0 radical (unpaired) electrons. The largest absolute Gasteiger partial charge is 0.370 e. The SMILES string of the molecule is Cc1cc(N(C)Cc2ccsc2)ccc1CN. The van der Waals surface area contributed by atoms with Gasteiger partial charge in [-0.1, -0.05) is 6.07 Å². The van der Waals surface area contributed by atoms with Gasteiger partial charge in [0.25, 0.3) is 0 Å². The molecule has 1 aromatic carbocycles. The molecule has 0 bridgehead atoms. The van der Waals surface area contributed by atoms with Gasteiger partial charge in [-0.05, 0) is 52.6 Å². The minimum absolute atomic E-state index is 0.611. The lowest BCUT2D eigenvalue weighted by atomic mass is 10.1. The second-order valence-electron chi connectivity index (χ2n) is 4.30. The predicted molar refractivity (Wildman–Crippen MR) is 75.5 cm³/mol. The van der Waals surface area contributed by atoms with Crippen LogP contribution in [0.1, 0.15) is 16.7 Å². The van der Waals surface area contributed by atoms with Crippen LogP contribution in [-0.2, 0) is 13.1 Å². The normalized spacial score (nSPS) is 10.5. The lowest BCUT2D eigenvalue weighted by molar-refractivity contribution is 0.923. The van der Waals surface area contributed by atoms with Crippen LogP contribution < -0.4 is 10.6 Å². The summed E-state index contributed by atoms with van der Waals surface area (Å²) in [5.41, 5.74) is 10.8. The van der Waals surface area contributed by atoms with Gasteiger partial charge in [0.2, 0.25) is 0 Å². The van der Waals surface area contributed by atoms with E-state index in [4.69, 9.17) is 5.73 Å². The van der Waals surface area contributed by atoms with E-state index in [1.807, 2.05) is 0 Å². The van der Waals surface area contributed by atoms with Gasteiger partial charge in [0, 0.05) is 25.8 Å². The Morgan fingerprint density at radius 1 is 1.29 bits per heavy atom. The molecule has 0 saturated carbocycles. The first-order chi connectivity index (χ1) is 8.20. The number of benzene rings is 1. The molecule has 1 aromatic heterocycles. The molecule has 0 aliphatic carbocycles. The van der Waals surface area contributed by atoms with Crippen molar-refractivity contribution in [2.24, 2.45) is 5.73 Å². The molecule has 2 N–H and O–H groups in total. The van der Waals surface area contributed by atoms with Crippen LogP contribution in [0.5, 0.6) is 0 Å². The Labute approximate surface area is 107 Å². The summed E-state index contributed by atoms with van der Waals surface area (Å²) in [5, 5.41) is 4.31. The highest BCUT2D eigenvalue weighted by Gasteiger charge is 2.04. The molecular weight excluding hydrogens is 228 g/mol. The average molecular weight is 246 g/mol. The molecule has 2 nitrogen and oxygen atoms in total. The standard InChI is InChI=1S/C14H18N2S/c1-11-7-14(4-3-13(11)8-15)16(2)9-12-5-6-17-10-12/h3-7,10H,8-9,15H2,1-2H3. The molecular formula is C14H18N2S. The van der Waals surface area contributed by atoms with Crippen LogP contribution in [0.4, 0.5) is 5.69 Å². The zero-order valence-corrected chi connectivity index (χ0v) is 11.1. The van der Waals surface area contributed by atoms with Gasteiger partial charge in [0.1, 0.15) is 0 Å². The van der Waals surface area contributed by atoms with Crippen LogP contribution >= 0.6 is 11.3 Å². The van der Waals surface area contributed by atoms with E-state index in [0.717, 1.165) is 6.54 Å². The fraction of sp³-hybridized carbons (Fsp3) is 0.286. The summed E-state index contributed by atoms with van der Waals surface area (Å²) in [5.74, 6) is 0. The van der Waals surface area contributed by atoms with Crippen LogP contribution in [0.3, 0.4) is 0 Å². The lowest BCUT2D eigenvalue weighted by Gasteiger charge is -2.20. The molecule has 0 atom stereocenters. The zero-order chi connectivity index (χ0) is 12.3. The number of nitrogens with two attached hydrogens (primary N) is 1. The fourth-order valence-corrected chi connectivity index (χ4v) is 2.55. The molecule has 0 spiro atoms. The molecule has 0 saturated heterocycles. The van der Waals surface area contributed by atoms with Crippen molar-refractivity contribution in [3.05, 3.63) is 51.7 Å². The molecule has 17 heavy (non-hydrogen) atoms. The first-order valence-electron chi connectivity index (χ1n) is 5.72. The number of aryl methyl sites for hydroxylation is 1. The van der Waals surface area contributed by atoms with Crippen molar-refractivity contribution in [1.29, 1.82) is 0 Å². The minimum Gasteiger partial charge on any atom is -0.370 e. The van der Waals surface area contributed by atoms with E-state index in [-0.39, 0.29) is 0 Å². The van der Waals surface area contributed by atoms with Gasteiger partial charge in [-0.25, -0.2) is 0 Å². The monoisotopic (exact) mass is 246 g/mol. The number of hydrogen-bond acceptors (Lipinski definition) is 3. The maximum Gasteiger partial charge on any atom is 0.0434 e. The van der Waals surface area contributed by atoms with E-state index in [2.05, 4.69) is 53.9 Å². The summed E-state index contributed by atoms with van der Waals surface area (Å²) >= 11 is 1.74. The minimum atomic E-state index is 0.611. The van der Waals surface area contributed by atoms with E-state index in [1.165, 1.54) is 22.4 Å². The smallest absolute Gasteiger partial charge is 0.0434 e. The van der Waals surface area contributed by atoms with Crippen molar-refractivity contribution in [1.82, 2.24) is 0 Å². The first kappa shape index (κ1) is 12.1. The Hall–Kier alpha value is -1.32. The lowest BCUT2D eigenvalue weighted by Crippen LogP contribution is -2.16. The van der Waals surface area contributed by atoms with Crippen LogP contribution in [0, 0.1) is 6.92 Å². The van der Waals surface area contributed by atoms with Gasteiger partial charge in [0.15, 0.2) is 0 Å². The third-order valence-corrected chi connectivity index (χ3v) is 3.72. The van der Waals surface area contributed by atoms with Gasteiger partial charge >= 0.3 is 0 Å². The van der Waals surface area contributed by atoms with Crippen molar-refractivity contribution >= 4 is 17.0 Å². The Kier molecular flexibility index (Phi) is 3.82. The number of anilines is 1. The Morgan fingerprint density at radius 3 is 2.71 bits per heavy atom. The molecule has 90 valence electrons. The van der Waals surface area contributed by atoms with Gasteiger partial charge in [-0.2, -0.15) is 11.3 Å². The third kappa shape index (κ3) is 2.87. The van der Waals surface area contributed by atoms with Crippen molar-refractivity contribution < 1.29 is 0 Å². The Morgan fingerprint density at radius 2 is 2.12 bits per heavy atom. The molecule has 2 aromatic rings. The summed E-state index contributed by atoms with van der Waals surface area (Å²) in [6.45, 7) is 3.68. The van der Waals surface area contributed by atoms with E-state index in [1.54, 1.807) is 11.3 Å². The Bertz CT molecular complexity index is 477. The highest BCUT2D eigenvalue weighted by atomic mass is 32.1.